The first-order chi connectivity index (χ1) is 15.0. The number of aromatic nitrogens is 4. The highest BCUT2D eigenvalue weighted by Gasteiger charge is 2.28. The molecule has 31 heavy (non-hydrogen) atoms. The van der Waals surface area contributed by atoms with Crippen molar-refractivity contribution in [3.63, 3.8) is 0 Å². The summed E-state index contributed by atoms with van der Waals surface area (Å²) in [7, 11) is 0. The molecule has 0 aliphatic carbocycles. The number of nitrogens with one attached hydrogen (secondary N) is 2. The molecule has 1 aliphatic rings. The minimum Gasteiger partial charge on any atom is -0.348 e. The molecule has 8 heteroatoms. The molecule has 0 radical (unpaired) electrons. The smallest absolute Gasteiger partial charge is 0.257 e. The van der Waals surface area contributed by atoms with Crippen LogP contribution >= 0.6 is 0 Å². The van der Waals surface area contributed by atoms with Crippen LogP contribution in [0.3, 0.4) is 0 Å². The zero-order valence-electron chi connectivity index (χ0n) is 17.8. The maximum Gasteiger partial charge on any atom is 0.257 e. The maximum absolute atomic E-state index is 12.8. The Hall–Kier alpha value is -3.55. The largest absolute Gasteiger partial charge is 0.348 e. The van der Waals surface area contributed by atoms with Crippen molar-refractivity contribution in [2.24, 2.45) is 0 Å². The van der Waals surface area contributed by atoms with Gasteiger partial charge in [0.2, 0.25) is 0 Å². The topological polar surface area (TPSA) is 104 Å². The van der Waals surface area contributed by atoms with E-state index in [-0.39, 0.29) is 17.7 Å². The van der Waals surface area contributed by atoms with Gasteiger partial charge in [0.15, 0.2) is 0 Å². The molecule has 0 bridgehead atoms. The lowest BCUT2D eigenvalue weighted by Gasteiger charge is -2.32. The van der Waals surface area contributed by atoms with Crippen LogP contribution in [0.25, 0.3) is 0 Å². The molecule has 8 nitrogen and oxygen atoms in total. The van der Waals surface area contributed by atoms with Gasteiger partial charge in [-0.2, -0.15) is 5.10 Å². The molecule has 1 atom stereocenters. The van der Waals surface area contributed by atoms with Gasteiger partial charge in [0, 0.05) is 37.4 Å². The van der Waals surface area contributed by atoms with Crippen LogP contribution in [-0.2, 0) is 6.54 Å². The Bertz CT molecular complexity index is 1080. The molecule has 2 aromatic heterocycles. The third-order valence-corrected chi connectivity index (χ3v) is 5.67. The molecular formula is C23H26N6O2. The summed E-state index contributed by atoms with van der Waals surface area (Å²) in [6, 6.07) is 9.76. The van der Waals surface area contributed by atoms with E-state index in [1.165, 1.54) is 0 Å². The molecule has 2 amide bonds. The fraction of sp³-hybridized carbons (Fsp3) is 0.348. The van der Waals surface area contributed by atoms with Crippen LogP contribution < -0.4 is 5.32 Å². The number of hydrogen-bond donors (Lipinski definition) is 2. The number of likely N-dealkylation sites (tertiary alicyclic amines) is 1. The molecular weight excluding hydrogens is 392 g/mol. The quantitative estimate of drug-likeness (QED) is 0.663. The van der Waals surface area contributed by atoms with E-state index in [0.29, 0.717) is 42.3 Å². The van der Waals surface area contributed by atoms with Crippen molar-refractivity contribution in [3.05, 3.63) is 76.6 Å². The average molecular weight is 419 g/mol. The summed E-state index contributed by atoms with van der Waals surface area (Å²) < 4.78 is 0. The molecule has 3 heterocycles. The van der Waals surface area contributed by atoms with Gasteiger partial charge >= 0.3 is 0 Å². The first-order valence-corrected chi connectivity index (χ1v) is 10.5. The van der Waals surface area contributed by atoms with E-state index in [4.69, 9.17) is 0 Å². The van der Waals surface area contributed by atoms with Gasteiger partial charge in [0.1, 0.15) is 5.82 Å². The van der Waals surface area contributed by atoms with Crippen LogP contribution in [0, 0.1) is 13.8 Å². The molecule has 1 aliphatic heterocycles. The summed E-state index contributed by atoms with van der Waals surface area (Å²) >= 11 is 0. The predicted molar refractivity (Wildman–Crippen MR) is 116 cm³/mol. The van der Waals surface area contributed by atoms with E-state index in [2.05, 4.69) is 25.5 Å². The van der Waals surface area contributed by atoms with Crippen LogP contribution in [0.15, 0.2) is 42.7 Å². The van der Waals surface area contributed by atoms with Crippen molar-refractivity contribution in [1.29, 1.82) is 0 Å². The van der Waals surface area contributed by atoms with E-state index in [1.54, 1.807) is 12.4 Å². The molecule has 3 aromatic rings. The number of carbonyl (C=O) groups excluding carboxylic acids is 2. The van der Waals surface area contributed by atoms with E-state index in [0.717, 1.165) is 24.1 Å². The fourth-order valence-electron chi connectivity index (χ4n) is 3.89. The maximum atomic E-state index is 12.8. The highest BCUT2D eigenvalue weighted by atomic mass is 16.2. The summed E-state index contributed by atoms with van der Waals surface area (Å²) in [6.45, 7) is 5.38. The highest BCUT2D eigenvalue weighted by Crippen LogP contribution is 2.26. The summed E-state index contributed by atoms with van der Waals surface area (Å²) in [6.07, 6.45) is 4.96. The number of aromatic amines is 1. The summed E-state index contributed by atoms with van der Waals surface area (Å²) in [5.41, 5.74) is 3.52. The lowest BCUT2D eigenvalue weighted by molar-refractivity contribution is 0.0703. The van der Waals surface area contributed by atoms with Gasteiger partial charge in [-0.1, -0.05) is 30.3 Å². The monoisotopic (exact) mass is 418 g/mol. The highest BCUT2D eigenvalue weighted by molar-refractivity contribution is 5.95. The van der Waals surface area contributed by atoms with Crippen LogP contribution in [0.1, 0.15) is 62.3 Å². The number of hydrogen-bond acceptors (Lipinski definition) is 5. The average Bonchev–Trinajstić information content (AvgIpc) is 3.23. The van der Waals surface area contributed by atoms with Crippen LogP contribution in [0.4, 0.5) is 0 Å². The Morgan fingerprint density at radius 1 is 1.16 bits per heavy atom. The van der Waals surface area contributed by atoms with Gasteiger partial charge in [-0.05, 0) is 32.3 Å². The summed E-state index contributed by atoms with van der Waals surface area (Å²) in [5, 5.41) is 9.69. The van der Waals surface area contributed by atoms with Crippen molar-refractivity contribution in [3.8, 4) is 0 Å². The van der Waals surface area contributed by atoms with Gasteiger partial charge < -0.3 is 10.2 Å². The van der Waals surface area contributed by atoms with Gasteiger partial charge in [-0.3, -0.25) is 14.7 Å². The lowest BCUT2D eigenvalue weighted by Crippen LogP contribution is -2.39. The first-order valence-electron chi connectivity index (χ1n) is 10.5. The number of benzene rings is 1. The van der Waals surface area contributed by atoms with E-state index >= 15 is 0 Å². The molecule has 2 N–H and O–H groups in total. The number of amides is 2. The van der Waals surface area contributed by atoms with Gasteiger partial charge in [-0.15, -0.1) is 0 Å². The Kier molecular flexibility index (Phi) is 6.06. The second-order valence-corrected chi connectivity index (χ2v) is 7.89. The Morgan fingerprint density at radius 3 is 2.68 bits per heavy atom. The van der Waals surface area contributed by atoms with Gasteiger partial charge in [0.05, 0.1) is 23.0 Å². The predicted octanol–water partition coefficient (Wildman–Crippen LogP) is 2.77. The number of nitrogens with zero attached hydrogens (tertiary/aromatic N) is 4. The molecule has 1 fully saturated rings. The van der Waals surface area contributed by atoms with E-state index in [1.807, 2.05) is 49.1 Å². The lowest BCUT2D eigenvalue weighted by atomic mass is 9.96. The molecule has 0 unspecified atom stereocenters. The second-order valence-electron chi connectivity index (χ2n) is 7.89. The van der Waals surface area contributed by atoms with Crippen LogP contribution in [0.5, 0.6) is 0 Å². The molecule has 4 rings (SSSR count). The standard InChI is InChI=1S/C23H26N6O2/c1-15-19(22(30)25-11-17-7-4-3-5-8-17)12-24-21(27-15)18-9-6-10-29(14-18)23(31)20-13-26-28-16(20)2/h3-5,7-8,12-13,18H,6,9-11,14H2,1-2H3,(H,25,30)(H,26,28)/t18-/m1/s1. The normalized spacial score (nSPS) is 16.2. The number of aryl methyl sites for hydroxylation is 2. The third-order valence-electron chi connectivity index (χ3n) is 5.67. The molecule has 0 spiro atoms. The van der Waals surface area contributed by atoms with E-state index < -0.39 is 0 Å². The minimum absolute atomic E-state index is 0.0235. The Labute approximate surface area is 181 Å². The minimum atomic E-state index is -0.191. The number of H-pyrrole nitrogens is 1. The second kappa shape index (κ2) is 9.07. The van der Waals surface area contributed by atoms with Crippen molar-refractivity contribution >= 4 is 11.8 Å². The molecule has 160 valence electrons. The zero-order valence-corrected chi connectivity index (χ0v) is 17.8. The van der Waals surface area contributed by atoms with Crippen molar-refractivity contribution < 1.29 is 9.59 Å². The number of rotatable bonds is 5. The zero-order chi connectivity index (χ0) is 21.8. The SMILES string of the molecule is Cc1nc([C@@H]2CCCN(C(=O)c3cn[nH]c3C)C2)ncc1C(=O)NCc1ccccc1. The Morgan fingerprint density at radius 2 is 1.97 bits per heavy atom. The van der Waals surface area contributed by atoms with Crippen LogP contribution in [-0.4, -0.2) is 50.0 Å². The van der Waals surface area contributed by atoms with Crippen molar-refractivity contribution in [2.75, 3.05) is 13.1 Å². The fourth-order valence-corrected chi connectivity index (χ4v) is 3.89. The number of carbonyl (C=O) groups is 2. The van der Waals surface area contributed by atoms with Crippen molar-refractivity contribution in [1.82, 2.24) is 30.4 Å². The summed E-state index contributed by atoms with van der Waals surface area (Å²) in [4.78, 5) is 36.4. The molecule has 1 aromatic carbocycles. The first kappa shape index (κ1) is 20.7. The summed E-state index contributed by atoms with van der Waals surface area (Å²) in [5.74, 6) is 0.511. The van der Waals surface area contributed by atoms with Crippen LogP contribution in [0.2, 0.25) is 0 Å². The van der Waals surface area contributed by atoms with Gasteiger partial charge in [-0.25, -0.2) is 9.97 Å². The van der Waals surface area contributed by atoms with E-state index in [9.17, 15) is 9.59 Å². The van der Waals surface area contributed by atoms with Crippen molar-refractivity contribution in [2.45, 2.75) is 39.2 Å². The third kappa shape index (κ3) is 4.63. The molecule has 0 saturated carbocycles. The molecule has 1 saturated heterocycles. The van der Waals surface area contributed by atoms with Gasteiger partial charge in [0.25, 0.3) is 11.8 Å². The number of piperidine rings is 1. The Balaban J connectivity index is 1.43.